The zero-order valence-electron chi connectivity index (χ0n) is 8.77. The highest BCUT2D eigenvalue weighted by Crippen LogP contribution is 2.31. The number of benzene rings is 1. The van der Waals surface area contributed by atoms with E-state index in [1.165, 1.54) is 0 Å². The van der Waals surface area contributed by atoms with Crippen LogP contribution in [0.3, 0.4) is 0 Å². The number of carboxylic acids is 1. The summed E-state index contributed by atoms with van der Waals surface area (Å²) >= 11 is 0. The highest BCUT2D eigenvalue weighted by Gasteiger charge is 2.43. The van der Waals surface area contributed by atoms with E-state index in [0.717, 1.165) is 5.56 Å². The quantitative estimate of drug-likeness (QED) is 0.777. The van der Waals surface area contributed by atoms with Crippen molar-refractivity contribution in [2.24, 2.45) is 0 Å². The molecule has 1 aliphatic heterocycles. The summed E-state index contributed by atoms with van der Waals surface area (Å²) < 4.78 is 0. The molecule has 4 heteroatoms. The molecule has 1 aromatic carbocycles. The van der Waals surface area contributed by atoms with E-state index in [1.54, 1.807) is 12.1 Å². The largest absolute Gasteiger partial charge is 0.481 e. The van der Waals surface area contributed by atoms with E-state index in [9.17, 15) is 14.7 Å². The fourth-order valence-corrected chi connectivity index (χ4v) is 2.06. The first-order valence-corrected chi connectivity index (χ1v) is 5.21. The second-order valence-corrected chi connectivity index (χ2v) is 4.03. The SMILES string of the molecule is O=C1CC[C@@](C(=O)O)(c2ccccc2)CN1. The van der Waals surface area contributed by atoms with Gasteiger partial charge in [0.15, 0.2) is 0 Å². The molecule has 0 aromatic heterocycles. The molecule has 1 amide bonds. The van der Waals surface area contributed by atoms with Crippen molar-refractivity contribution in [3.8, 4) is 0 Å². The van der Waals surface area contributed by atoms with Gasteiger partial charge in [0, 0.05) is 13.0 Å². The van der Waals surface area contributed by atoms with Gasteiger partial charge in [0.25, 0.3) is 0 Å². The molecule has 2 N–H and O–H groups in total. The molecular formula is C12H13NO3. The van der Waals surface area contributed by atoms with Gasteiger partial charge < -0.3 is 10.4 Å². The second-order valence-electron chi connectivity index (χ2n) is 4.03. The Morgan fingerprint density at radius 2 is 2.00 bits per heavy atom. The lowest BCUT2D eigenvalue weighted by Crippen LogP contribution is -2.51. The zero-order chi connectivity index (χ0) is 11.6. The Labute approximate surface area is 93.3 Å². The summed E-state index contributed by atoms with van der Waals surface area (Å²) in [7, 11) is 0. The van der Waals surface area contributed by atoms with Crippen molar-refractivity contribution in [3.05, 3.63) is 35.9 Å². The molecule has 1 heterocycles. The Kier molecular flexibility index (Phi) is 2.64. The van der Waals surface area contributed by atoms with Crippen LogP contribution in [-0.2, 0) is 15.0 Å². The second kappa shape index (κ2) is 3.96. The van der Waals surface area contributed by atoms with Crippen LogP contribution in [0.2, 0.25) is 0 Å². The third-order valence-electron chi connectivity index (χ3n) is 3.10. The van der Waals surface area contributed by atoms with Crippen molar-refractivity contribution in [3.63, 3.8) is 0 Å². The first-order valence-electron chi connectivity index (χ1n) is 5.21. The average Bonchev–Trinajstić information content (AvgIpc) is 2.31. The molecule has 0 unspecified atom stereocenters. The third-order valence-corrected chi connectivity index (χ3v) is 3.10. The highest BCUT2D eigenvalue weighted by molar-refractivity contribution is 5.86. The van der Waals surface area contributed by atoms with Gasteiger partial charge in [-0.1, -0.05) is 30.3 Å². The maximum Gasteiger partial charge on any atom is 0.315 e. The Morgan fingerprint density at radius 3 is 2.50 bits per heavy atom. The summed E-state index contributed by atoms with van der Waals surface area (Å²) in [6, 6.07) is 9.07. The van der Waals surface area contributed by atoms with E-state index >= 15 is 0 Å². The van der Waals surface area contributed by atoms with Crippen LogP contribution in [0.5, 0.6) is 0 Å². The standard InChI is InChI=1S/C12H13NO3/c14-10-6-7-12(8-13-10,11(15)16)9-4-2-1-3-5-9/h1-5H,6-8H2,(H,13,14)(H,15,16)/t12-/m0/s1. The first kappa shape index (κ1) is 10.7. The van der Waals surface area contributed by atoms with Crippen LogP contribution in [0.1, 0.15) is 18.4 Å². The van der Waals surface area contributed by atoms with Crippen LogP contribution in [0.4, 0.5) is 0 Å². The normalized spacial score (nSPS) is 24.9. The number of piperidine rings is 1. The molecule has 0 spiro atoms. The van der Waals surface area contributed by atoms with Crippen molar-refractivity contribution in [1.29, 1.82) is 0 Å². The molecule has 0 radical (unpaired) electrons. The Bertz CT molecular complexity index is 404. The first-order chi connectivity index (χ1) is 7.65. The smallest absolute Gasteiger partial charge is 0.315 e. The molecule has 1 fully saturated rings. The fraction of sp³-hybridized carbons (Fsp3) is 0.333. The number of nitrogens with one attached hydrogen (secondary N) is 1. The molecule has 1 aromatic rings. The van der Waals surface area contributed by atoms with E-state index < -0.39 is 11.4 Å². The summed E-state index contributed by atoms with van der Waals surface area (Å²) in [5.41, 5.74) is -0.211. The Balaban J connectivity index is 2.37. The summed E-state index contributed by atoms with van der Waals surface area (Å²) in [4.78, 5) is 22.5. The van der Waals surface area contributed by atoms with Crippen molar-refractivity contribution >= 4 is 11.9 Å². The van der Waals surface area contributed by atoms with Gasteiger partial charge in [0.05, 0.1) is 0 Å². The maximum atomic E-state index is 11.4. The van der Waals surface area contributed by atoms with E-state index in [2.05, 4.69) is 5.32 Å². The maximum absolute atomic E-state index is 11.4. The minimum Gasteiger partial charge on any atom is -0.481 e. The number of rotatable bonds is 2. The van der Waals surface area contributed by atoms with Gasteiger partial charge in [-0.25, -0.2) is 0 Å². The summed E-state index contributed by atoms with van der Waals surface area (Å²) in [5.74, 6) is -0.952. The number of aliphatic carboxylic acids is 1. The number of amides is 1. The van der Waals surface area contributed by atoms with Crippen molar-refractivity contribution < 1.29 is 14.7 Å². The zero-order valence-corrected chi connectivity index (χ0v) is 8.77. The van der Waals surface area contributed by atoms with Gasteiger partial charge in [-0.15, -0.1) is 0 Å². The number of carboxylic acid groups (broad SMARTS) is 1. The number of hydrogen-bond acceptors (Lipinski definition) is 2. The molecule has 2 rings (SSSR count). The van der Waals surface area contributed by atoms with Crippen molar-refractivity contribution in [2.75, 3.05) is 6.54 Å². The lowest BCUT2D eigenvalue weighted by atomic mass is 9.74. The predicted molar refractivity (Wildman–Crippen MR) is 58.0 cm³/mol. The van der Waals surface area contributed by atoms with Crippen LogP contribution in [0.25, 0.3) is 0 Å². The summed E-state index contributed by atoms with van der Waals surface area (Å²) in [6.45, 7) is 0.172. The van der Waals surface area contributed by atoms with Crippen LogP contribution < -0.4 is 5.32 Å². The number of hydrogen-bond donors (Lipinski definition) is 2. The monoisotopic (exact) mass is 219 g/mol. The van der Waals surface area contributed by atoms with E-state index in [4.69, 9.17) is 0 Å². The number of carbonyl (C=O) groups excluding carboxylic acids is 1. The summed E-state index contributed by atoms with van der Waals surface area (Å²) in [6.07, 6.45) is 0.624. The molecule has 0 aliphatic carbocycles. The van der Waals surface area contributed by atoms with Gasteiger partial charge >= 0.3 is 5.97 Å². The molecule has 4 nitrogen and oxygen atoms in total. The lowest BCUT2D eigenvalue weighted by Gasteiger charge is -2.33. The van der Waals surface area contributed by atoms with Gasteiger partial charge in [0.2, 0.25) is 5.91 Å². The third kappa shape index (κ3) is 1.66. The molecule has 0 saturated carbocycles. The topological polar surface area (TPSA) is 66.4 Å². The highest BCUT2D eigenvalue weighted by atomic mass is 16.4. The Hall–Kier alpha value is -1.84. The molecular weight excluding hydrogens is 206 g/mol. The average molecular weight is 219 g/mol. The van der Waals surface area contributed by atoms with Gasteiger partial charge in [-0.2, -0.15) is 0 Å². The lowest BCUT2D eigenvalue weighted by molar-refractivity contribution is -0.145. The van der Waals surface area contributed by atoms with E-state index in [-0.39, 0.29) is 18.9 Å². The number of carbonyl (C=O) groups is 2. The van der Waals surface area contributed by atoms with Gasteiger partial charge in [-0.3, -0.25) is 9.59 Å². The van der Waals surface area contributed by atoms with E-state index in [1.807, 2.05) is 18.2 Å². The van der Waals surface area contributed by atoms with Crippen LogP contribution >= 0.6 is 0 Å². The van der Waals surface area contributed by atoms with Crippen LogP contribution in [0.15, 0.2) is 30.3 Å². The predicted octanol–water partition coefficient (Wildman–Crippen LogP) is 0.919. The molecule has 1 atom stereocenters. The minimum absolute atomic E-state index is 0.0761. The molecule has 84 valence electrons. The van der Waals surface area contributed by atoms with Gasteiger partial charge in [-0.05, 0) is 12.0 Å². The van der Waals surface area contributed by atoms with Crippen molar-refractivity contribution in [2.45, 2.75) is 18.3 Å². The summed E-state index contributed by atoms with van der Waals surface area (Å²) in [5, 5.41) is 12.0. The molecule has 0 bridgehead atoms. The fourth-order valence-electron chi connectivity index (χ4n) is 2.06. The Morgan fingerprint density at radius 1 is 1.31 bits per heavy atom. The molecule has 1 aliphatic rings. The van der Waals surface area contributed by atoms with Crippen molar-refractivity contribution in [1.82, 2.24) is 5.32 Å². The van der Waals surface area contributed by atoms with Crippen LogP contribution in [-0.4, -0.2) is 23.5 Å². The molecule has 1 saturated heterocycles. The molecule has 16 heavy (non-hydrogen) atoms. The van der Waals surface area contributed by atoms with Gasteiger partial charge in [0.1, 0.15) is 5.41 Å². The minimum atomic E-state index is -0.963. The van der Waals surface area contributed by atoms with E-state index in [0.29, 0.717) is 6.42 Å². The van der Waals surface area contributed by atoms with Crippen LogP contribution in [0, 0.1) is 0 Å².